The fraction of sp³-hybridized carbons (Fsp3) is 0.391. The van der Waals surface area contributed by atoms with Gasteiger partial charge in [0, 0.05) is 32.2 Å². The van der Waals surface area contributed by atoms with Crippen LogP contribution in [-0.2, 0) is 11.3 Å². The summed E-state index contributed by atoms with van der Waals surface area (Å²) in [5, 5.41) is 3.16. The molecule has 178 valence electrons. The lowest BCUT2D eigenvalue weighted by molar-refractivity contribution is -0.0292. The van der Waals surface area contributed by atoms with Gasteiger partial charge in [-0.2, -0.15) is 0 Å². The molecule has 10 heteroatoms. The van der Waals surface area contributed by atoms with E-state index in [-0.39, 0.29) is 34.6 Å². The zero-order valence-corrected chi connectivity index (χ0v) is 19.8. The van der Waals surface area contributed by atoms with Crippen molar-refractivity contribution in [3.05, 3.63) is 58.4 Å². The van der Waals surface area contributed by atoms with E-state index in [4.69, 9.17) is 38.4 Å². The Labute approximate surface area is 202 Å². The SMILES string of the molecule is CCOc1cc(N=C(N)CCl)c(Cl)cc1C(=O)NCC1CN(Cc2ccc(F)cc2)CCO1. The molecule has 0 spiro atoms. The van der Waals surface area contributed by atoms with Crippen LogP contribution < -0.4 is 15.8 Å². The van der Waals surface area contributed by atoms with Gasteiger partial charge in [-0.3, -0.25) is 9.69 Å². The van der Waals surface area contributed by atoms with E-state index in [1.807, 2.05) is 6.92 Å². The van der Waals surface area contributed by atoms with E-state index in [0.717, 1.165) is 12.1 Å². The Kier molecular flexibility index (Phi) is 9.31. The van der Waals surface area contributed by atoms with Crippen molar-refractivity contribution in [1.82, 2.24) is 10.2 Å². The highest BCUT2D eigenvalue weighted by Crippen LogP contribution is 2.33. The molecule has 1 amide bonds. The Bertz CT molecular complexity index is 988. The van der Waals surface area contributed by atoms with Crippen molar-refractivity contribution >= 4 is 40.6 Å². The Balaban J connectivity index is 1.63. The molecule has 0 aromatic heterocycles. The molecule has 1 unspecified atom stereocenters. The molecule has 1 aliphatic heterocycles. The highest BCUT2D eigenvalue weighted by Gasteiger charge is 2.23. The Morgan fingerprint density at radius 1 is 1.36 bits per heavy atom. The number of halogens is 3. The van der Waals surface area contributed by atoms with Gasteiger partial charge >= 0.3 is 0 Å². The van der Waals surface area contributed by atoms with Crippen molar-refractivity contribution < 1.29 is 18.7 Å². The zero-order valence-electron chi connectivity index (χ0n) is 18.3. The zero-order chi connectivity index (χ0) is 23.8. The van der Waals surface area contributed by atoms with Crippen molar-refractivity contribution in [3.8, 4) is 5.75 Å². The second-order valence-electron chi connectivity index (χ2n) is 7.53. The van der Waals surface area contributed by atoms with Crippen LogP contribution in [0.1, 0.15) is 22.8 Å². The highest BCUT2D eigenvalue weighted by molar-refractivity contribution is 6.34. The number of rotatable bonds is 9. The summed E-state index contributed by atoms with van der Waals surface area (Å²) in [6, 6.07) is 9.53. The van der Waals surface area contributed by atoms with E-state index in [2.05, 4.69) is 15.2 Å². The van der Waals surface area contributed by atoms with E-state index in [9.17, 15) is 9.18 Å². The monoisotopic (exact) mass is 496 g/mol. The van der Waals surface area contributed by atoms with Crippen LogP contribution in [0.25, 0.3) is 0 Å². The summed E-state index contributed by atoms with van der Waals surface area (Å²) in [6.07, 6.45) is -0.179. The molecule has 33 heavy (non-hydrogen) atoms. The number of alkyl halides is 1. The molecule has 0 saturated carbocycles. The molecule has 1 saturated heterocycles. The molecule has 1 heterocycles. The van der Waals surface area contributed by atoms with Crippen LogP contribution in [0.2, 0.25) is 5.02 Å². The normalized spacial score (nSPS) is 17.1. The van der Waals surface area contributed by atoms with Crippen LogP contribution in [0.5, 0.6) is 5.75 Å². The second kappa shape index (κ2) is 12.2. The summed E-state index contributed by atoms with van der Waals surface area (Å²) in [5.41, 5.74) is 7.39. The van der Waals surface area contributed by atoms with E-state index >= 15 is 0 Å². The van der Waals surface area contributed by atoms with E-state index in [1.165, 1.54) is 18.2 Å². The smallest absolute Gasteiger partial charge is 0.255 e. The number of amidine groups is 1. The molecule has 1 aliphatic rings. The number of amides is 1. The summed E-state index contributed by atoms with van der Waals surface area (Å²) in [4.78, 5) is 19.3. The summed E-state index contributed by atoms with van der Waals surface area (Å²) in [7, 11) is 0. The summed E-state index contributed by atoms with van der Waals surface area (Å²) < 4.78 is 24.6. The van der Waals surface area contributed by atoms with Gasteiger partial charge in [0.1, 0.15) is 17.4 Å². The number of carbonyl (C=O) groups excluding carboxylic acids is 1. The summed E-state index contributed by atoms with van der Waals surface area (Å²) in [5.74, 6) is 0.0266. The lowest BCUT2D eigenvalue weighted by atomic mass is 10.1. The molecule has 1 atom stereocenters. The van der Waals surface area contributed by atoms with E-state index in [1.54, 1.807) is 18.2 Å². The first-order valence-electron chi connectivity index (χ1n) is 10.6. The molecule has 7 nitrogen and oxygen atoms in total. The minimum Gasteiger partial charge on any atom is -0.493 e. The lowest BCUT2D eigenvalue weighted by Crippen LogP contribution is -2.47. The van der Waals surface area contributed by atoms with Crippen molar-refractivity contribution in [2.24, 2.45) is 10.7 Å². The largest absolute Gasteiger partial charge is 0.493 e. The molecule has 3 rings (SSSR count). The van der Waals surface area contributed by atoms with Gasteiger partial charge in [-0.05, 0) is 30.7 Å². The van der Waals surface area contributed by atoms with Gasteiger partial charge in [-0.25, -0.2) is 9.38 Å². The number of carbonyl (C=O) groups is 1. The lowest BCUT2D eigenvalue weighted by Gasteiger charge is -2.33. The Morgan fingerprint density at radius 2 is 2.12 bits per heavy atom. The quantitative estimate of drug-likeness (QED) is 0.313. The second-order valence-corrected chi connectivity index (χ2v) is 8.21. The third kappa shape index (κ3) is 7.30. The molecule has 0 radical (unpaired) electrons. The van der Waals surface area contributed by atoms with E-state index < -0.39 is 0 Å². The number of benzene rings is 2. The number of morpholine rings is 1. The molecular formula is C23H27Cl2FN4O3. The van der Waals surface area contributed by atoms with Crippen LogP contribution in [0.3, 0.4) is 0 Å². The average Bonchev–Trinajstić information content (AvgIpc) is 2.81. The third-order valence-corrected chi connectivity index (χ3v) is 5.60. The molecule has 1 fully saturated rings. The van der Waals surface area contributed by atoms with Gasteiger partial charge in [0.05, 0.1) is 41.5 Å². The fourth-order valence-electron chi connectivity index (χ4n) is 3.46. The van der Waals surface area contributed by atoms with Gasteiger partial charge in [0.25, 0.3) is 5.91 Å². The Morgan fingerprint density at radius 3 is 2.82 bits per heavy atom. The number of nitrogens with zero attached hydrogens (tertiary/aromatic N) is 2. The van der Waals surface area contributed by atoms with Gasteiger partial charge in [-0.15, -0.1) is 11.6 Å². The maximum Gasteiger partial charge on any atom is 0.255 e. The Hall–Kier alpha value is -2.39. The molecule has 2 aromatic carbocycles. The topological polar surface area (TPSA) is 89.2 Å². The number of nitrogens with two attached hydrogens (primary N) is 1. The molecular weight excluding hydrogens is 470 g/mol. The molecule has 2 aromatic rings. The van der Waals surface area contributed by atoms with Crippen molar-refractivity contribution in [2.75, 3.05) is 38.7 Å². The minimum absolute atomic E-state index is 0.0576. The van der Waals surface area contributed by atoms with Gasteiger partial charge in [0.2, 0.25) is 0 Å². The van der Waals surface area contributed by atoms with Crippen molar-refractivity contribution in [1.29, 1.82) is 0 Å². The fourth-order valence-corrected chi connectivity index (χ4v) is 3.73. The summed E-state index contributed by atoms with van der Waals surface area (Å²) in [6.45, 7) is 5.14. The maximum absolute atomic E-state index is 13.1. The van der Waals surface area contributed by atoms with Crippen LogP contribution >= 0.6 is 23.2 Å². The van der Waals surface area contributed by atoms with Crippen LogP contribution in [-0.4, -0.2) is 61.5 Å². The van der Waals surface area contributed by atoms with Crippen LogP contribution in [0.4, 0.5) is 10.1 Å². The van der Waals surface area contributed by atoms with Crippen molar-refractivity contribution in [3.63, 3.8) is 0 Å². The number of hydrogen-bond acceptors (Lipinski definition) is 5. The van der Waals surface area contributed by atoms with Crippen LogP contribution in [0, 0.1) is 5.82 Å². The maximum atomic E-state index is 13.1. The van der Waals surface area contributed by atoms with Crippen LogP contribution in [0.15, 0.2) is 41.4 Å². The summed E-state index contributed by atoms with van der Waals surface area (Å²) >= 11 is 12.0. The predicted molar refractivity (Wildman–Crippen MR) is 128 cm³/mol. The van der Waals surface area contributed by atoms with E-state index in [0.29, 0.717) is 49.8 Å². The average molecular weight is 497 g/mol. The number of hydrogen-bond donors (Lipinski definition) is 2. The highest BCUT2D eigenvalue weighted by atomic mass is 35.5. The molecule has 0 aliphatic carbocycles. The first-order valence-corrected chi connectivity index (χ1v) is 11.5. The number of ether oxygens (including phenoxy) is 2. The predicted octanol–water partition coefficient (Wildman–Crippen LogP) is 3.74. The first-order chi connectivity index (χ1) is 15.9. The minimum atomic E-state index is -0.333. The first kappa shape index (κ1) is 25.2. The van der Waals surface area contributed by atoms with Crippen molar-refractivity contribution in [2.45, 2.75) is 19.6 Å². The van der Waals surface area contributed by atoms with Gasteiger partial charge in [-0.1, -0.05) is 23.7 Å². The van der Waals surface area contributed by atoms with Gasteiger partial charge in [0.15, 0.2) is 0 Å². The molecule has 3 N–H and O–H groups in total. The standard InChI is InChI=1S/C23H27Cl2FN4O3/c1-2-32-21-10-20(29-22(27)11-24)19(25)9-18(21)23(31)28-12-17-14-30(7-8-33-17)13-15-3-5-16(26)6-4-15/h3-6,9-10,17H,2,7-8,11-14H2,1H3,(H2,27,29)(H,28,31). The van der Waals surface area contributed by atoms with Gasteiger partial charge < -0.3 is 20.5 Å². The number of nitrogens with one attached hydrogen (secondary N) is 1. The number of aliphatic imine (C=N–C) groups is 1. The molecule has 0 bridgehead atoms. The third-order valence-electron chi connectivity index (χ3n) is 5.03.